The summed E-state index contributed by atoms with van der Waals surface area (Å²) in [5.41, 5.74) is -0.453. The Balaban J connectivity index is 1.88. The summed E-state index contributed by atoms with van der Waals surface area (Å²) in [4.78, 5) is 40.9. The minimum absolute atomic E-state index is 0.0342. The summed E-state index contributed by atoms with van der Waals surface area (Å²) in [6.45, 7) is 10.3. The highest BCUT2D eigenvalue weighted by Gasteiger charge is 2.38. The molecule has 0 N–H and O–H groups in total. The third-order valence-electron chi connectivity index (χ3n) is 5.67. The van der Waals surface area contributed by atoms with E-state index in [1.807, 2.05) is 20.8 Å². The van der Waals surface area contributed by atoms with Crippen molar-refractivity contribution in [3.63, 3.8) is 0 Å². The van der Waals surface area contributed by atoms with Crippen LogP contribution in [0, 0.1) is 11.3 Å². The van der Waals surface area contributed by atoms with Gasteiger partial charge >= 0.3 is 5.97 Å². The van der Waals surface area contributed by atoms with Crippen LogP contribution in [0.25, 0.3) is 0 Å². The highest BCUT2D eigenvalue weighted by molar-refractivity contribution is 7.91. The van der Waals surface area contributed by atoms with E-state index >= 15 is 0 Å². The van der Waals surface area contributed by atoms with Gasteiger partial charge in [0.05, 0.1) is 17.4 Å². The molecule has 0 bridgehead atoms. The molecule has 0 aromatic carbocycles. The summed E-state index contributed by atoms with van der Waals surface area (Å²) in [5.74, 6) is -1.00. The predicted octanol–water partition coefficient (Wildman–Crippen LogP) is 1.24. The number of rotatable bonds is 5. The molecular formula is C20H34N2O6S. The number of hydrogen-bond acceptors (Lipinski definition) is 6. The number of nitrogens with zero attached hydrogens (tertiary/aromatic N) is 2. The van der Waals surface area contributed by atoms with E-state index in [0.717, 1.165) is 0 Å². The molecule has 0 radical (unpaired) electrons. The molecule has 0 saturated carbocycles. The first-order chi connectivity index (χ1) is 13.4. The molecule has 166 valence electrons. The van der Waals surface area contributed by atoms with Crippen molar-refractivity contribution in [3.05, 3.63) is 0 Å². The standard InChI is InChI=1S/C20H34N2O6S/c1-6-22(16-9-12-29(26,27)13-16)17(23)14(2)28-18(24)15-7-10-21(11-8-15)19(25)20(3,4)5/h14-16H,6-13H2,1-5H3. The first kappa shape index (κ1) is 23.6. The average Bonchev–Trinajstić information content (AvgIpc) is 3.00. The van der Waals surface area contributed by atoms with Gasteiger partial charge in [0.15, 0.2) is 15.9 Å². The third kappa shape index (κ3) is 5.93. The van der Waals surface area contributed by atoms with Crippen LogP contribution in [0.15, 0.2) is 0 Å². The van der Waals surface area contributed by atoms with Crippen LogP contribution < -0.4 is 0 Å². The molecule has 2 atom stereocenters. The molecule has 0 aliphatic carbocycles. The van der Waals surface area contributed by atoms with Gasteiger partial charge in [-0.15, -0.1) is 0 Å². The zero-order chi connectivity index (χ0) is 22.0. The Kier molecular flexibility index (Phi) is 7.35. The maximum absolute atomic E-state index is 12.7. The molecule has 2 aliphatic rings. The lowest BCUT2D eigenvalue weighted by atomic mass is 9.91. The van der Waals surface area contributed by atoms with Gasteiger partial charge in [0.25, 0.3) is 5.91 Å². The SMILES string of the molecule is CCN(C(=O)C(C)OC(=O)C1CCN(C(=O)C(C)(C)C)CC1)C1CCS(=O)(=O)C1. The van der Waals surface area contributed by atoms with Gasteiger partial charge in [-0.2, -0.15) is 0 Å². The van der Waals surface area contributed by atoms with E-state index in [9.17, 15) is 22.8 Å². The molecule has 2 heterocycles. The summed E-state index contributed by atoms with van der Waals surface area (Å²) < 4.78 is 28.9. The summed E-state index contributed by atoms with van der Waals surface area (Å²) >= 11 is 0. The zero-order valence-electron chi connectivity index (χ0n) is 18.1. The van der Waals surface area contributed by atoms with Crippen molar-refractivity contribution < 1.29 is 27.5 Å². The monoisotopic (exact) mass is 430 g/mol. The number of sulfone groups is 1. The second kappa shape index (κ2) is 9.02. The van der Waals surface area contributed by atoms with E-state index in [-0.39, 0.29) is 35.3 Å². The Morgan fingerprint density at radius 3 is 2.17 bits per heavy atom. The van der Waals surface area contributed by atoms with Crippen LogP contribution in [0.3, 0.4) is 0 Å². The van der Waals surface area contributed by atoms with Gasteiger partial charge in [0.1, 0.15) is 0 Å². The summed E-state index contributed by atoms with van der Waals surface area (Å²) in [6.07, 6.45) is 0.489. The van der Waals surface area contributed by atoms with E-state index in [2.05, 4.69) is 0 Å². The van der Waals surface area contributed by atoms with Gasteiger partial charge in [-0.05, 0) is 33.1 Å². The molecule has 0 spiro atoms. The van der Waals surface area contributed by atoms with E-state index in [0.29, 0.717) is 38.9 Å². The maximum atomic E-state index is 12.7. The third-order valence-corrected chi connectivity index (χ3v) is 7.42. The van der Waals surface area contributed by atoms with Crippen LogP contribution in [0.4, 0.5) is 0 Å². The molecule has 0 aromatic rings. The fourth-order valence-electron chi connectivity index (χ4n) is 3.96. The Bertz CT molecular complexity index is 735. The molecule has 2 saturated heterocycles. The van der Waals surface area contributed by atoms with Crippen molar-refractivity contribution in [1.29, 1.82) is 0 Å². The van der Waals surface area contributed by atoms with Crippen molar-refractivity contribution in [2.45, 2.75) is 66.0 Å². The van der Waals surface area contributed by atoms with E-state index < -0.39 is 27.3 Å². The minimum Gasteiger partial charge on any atom is -0.452 e. The number of amides is 2. The van der Waals surface area contributed by atoms with Crippen LogP contribution in [0.1, 0.15) is 53.9 Å². The molecule has 2 unspecified atom stereocenters. The Morgan fingerprint density at radius 2 is 1.72 bits per heavy atom. The van der Waals surface area contributed by atoms with Gasteiger partial charge < -0.3 is 14.5 Å². The molecule has 2 rings (SSSR count). The lowest BCUT2D eigenvalue weighted by Gasteiger charge is -2.35. The summed E-state index contributed by atoms with van der Waals surface area (Å²) in [7, 11) is -3.11. The highest BCUT2D eigenvalue weighted by Crippen LogP contribution is 2.25. The van der Waals surface area contributed by atoms with Gasteiger partial charge in [-0.1, -0.05) is 20.8 Å². The molecule has 8 nitrogen and oxygen atoms in total. The second-order valence-corrected chi connectivity index (χ2v) is 11.3. The Labute approximate surface area is 173 Å². The zero-order valence-corrected chi connectivity index (χ0v) is 19.0. The second-order valence-electron chi connectivity index (χ2n) is 9.08. The topological polar surface area (TPSA) is 101 Å². The van der Waals surface area contributed by atoms with Crippen LogP contribution >= 0.6 is 0 Å². The smallest absolute Gasteiger partial charge is 0.309 e. The van der Waals surface area contributed by atoms with Crippen LogP contribution in [-0.4, -0.2) is 79.3 Å². The number of likely N-dealkylation sites (tertiary alicyclic amines) is 1. The molecule has 2 amide bonds. The Morgan fingerprint density at radius 1 is 1.14 bits per heavy atom. The number of carbonyl (C=O) groups excluding carboxylic acids is 3. The van der Waals surface area contributed by atoms with E-state index in [4.69, 9.17) is 4.74 Å². The number of piperidine rings is 1. The van der Waals surface area contributed by atoms with Crippen molar-refractivity contribution in [2.24, 2.45) is 11.3 Å². The van der Waals surface area contributed by atoms with Crippen molar-refractivity contribution >= 4 is 27.6 Å². The van der Waals surface area contributed by atoms with Gasteiger partial charge in [0.2, 0.25) is 5.91 Å². The molecule has 29 heavy (non-hydrogen) atoms. The highest BCUT2D eigenvalue weighted by atomic mass is 32.2. The van der Waals surface area contributed by atoms with Crippen molar-refractivity contribution in [1.82, 2.24) is 9.80 Å². The first-order valence-electron chi connectivity index (χ1n) is 10.4. The number of hydrogen-bond donors (Lipinski definition) is 0. The fraction of sp³-hybridized carbons (Fsp3) is 0.850. The van der Waals surface area contributed by atoms with Gasteiger partial charge in [0, 0.05) is 31.1 Å². The molecule has 0 aromatic heterocycles. The van der Waals surface area contributed by atoms with Crippen LogP contribution in [0.5, 0.6) is 0 Å². The number of likely N-dealkylation sites (N-methyl/N-ethyl adjacent to an activating group) is 1. The number of carbonyl (C=O) groups is 3. The normalized spacial score (nSPS) is 23.5. The molecule has 2 aliphatic heterocycles. The molecule has 2 fully saturated rings. The fourth-order valence-corrected chi connectivity index (χ4v) is 5.69. The lowest BCUT2D eigenvalue weighted by molar-refractivity contribution is -0.165. The lowest BCUT2D eigenvalue weighted by Crippen LogP contribution is -2.48. The quantitative estimate of drug-likeness (QED) is 0.608. The van der Waals surface area contributed by atoms with Crippen molar-refractivity contribution in [3.8, 4) is 0 Å². The van der Waals surface area contributed by atoms with Crippen molar-refractivity contribution in [2.75, 3.05) is 31.1 Å². The van der Waals surface area contributed by atoms with Gasteiger partial charge in [-0.25, -0.2) is 8.42 Å². The predicted molar refractivity (Wildman–Crippen MR) is 109 cm³/mol. The molecular weight excluding hydrogens is 396 g/mol. The van der Waals surface area contributed by atoms with E-state index in [1.165, 1.54) is 11.8 Å². The largest absolute Gasteiger partial charge is 0.452 e. The van der Waals surface area contributed by atoms with Crippen LogP contribution in [-0.2, 0) is 29.0 Å². The molecule has 9 heteroatoms. The number of esters is 1. The number of ether oxygens (including phenoxy) is 1. The minimum atomic E-state index is -3.11. The van der Waals surface area contributed by atoms with E-state index in [1.54, 1.807) is 11.8 Å². The summed E-state index contributed by atoms with van der Waals surface area (Å²) in [5, 5.41) is 0. The Hall–Kier alpha value is -1.64. The average molecular weight is 431 g/mol. The maximum Gasteiger partial charge on any atom is 0.309 e. The van der Waals surface area contributed by atoms with Gasteiger partial charge in [-0.3, -0.25) is 14.4 Å². The summed E-state index contributed by atoms with van der Waals surface area (Å²) in [6, 6.07) is -0.356. The first-order valence-corrected chi connectivity index (χ1v) is 12.2. The van der Waals surface area contributed by atoms with Crippen LogP contribution in [0.2, 0.25) is 0 Å².